The molecule has 7 nitrogen and oxygen atoms in total. The minimum absolute atomic E-state index is 0.0509. The molecule has 0 bridgehead atoms. The van der Waals surface area contributed by atoms with Crippen LogP contribution in [0, 0.1) is 17.3 Å². The zero-order chi connectivity index (χ0) is 23.9. The molecule has 0 N–H and O–H groups in total. The van der Waals surface area contributed by atoms with E-state index < -0.39 is 23.3 Å². The Balaban J connectivity index is 2.68. The predicted octanol–water partition coefficient (Wildman–Crippen LogP) is 2.93. The highest BCUT2D eigenvalue weighted by Gasteiger charge is 2.54. The number of hydrogen-bond donors (Lipinski definition) is 0. The maximum Gasteiger partial charge on any atom is 0.346 e. The first kappa shape index (κ1) is 24.6. The van der Waals surface area contributed by atoms with Crippen LogP contribution in [-0.2, 0) is 33.4 Å². The highest BCUT2D eigenvalue weighted by molar-refractivity contribution is 6.06. The van der Waals surface area contributed by atoms with Crippen molar-refractivity contribution >= 4 is 23.7 Å². The van der Waals surface area contributed by atoms with Gasteiger partial charge in [-0.25, -0.2) is 4.79 Å². The average molecular weight is 438 g/mol. The second-order valence-electron chi connectivity index (χ2n) is 7.27. The van der Waals surface area contributed by atoms with Gasteiger partial charge >= 0.3 is 17.9 Å². The number of rotatable bonds is 6. The second kappa shape index (κ2) is 10.6. The van der Waals surface area contributed by atoms with E-state index in [0.717, 1.165) is 14.2 Å². The van der Waals surface area contributed by atoms with Crippen molar-refractivity contribution in [3.63, 3.8) is 0 Å². The van der Waals surface area contributed by atoms with Crippen molar-refractivity contribution in [3.8, 4) is 11.8 Å². The van der Waals surface area contributed by atoms with Gasteiger partial charge in [-0.2, -0.15) is 0 Å². The lowest BCUT2D eigenvalue weighted by molar-refractivity contribution is -0.168. The lowest BCUT2D eigenvalue weighted by atomic mass is 9.82. The summed E-state index contributed by atoms with van der Waals surface area (Å²) >= 11 is 0. The van der Waals surface area contributed by atoms with Crippen LogP contribution in [0.2, 0.25) is 0 Å². The van der Waals surface area contributed by atoms with E-state index in [1.807, 2.05) is 18.2 Å². The first-order chi connectivity index (χ1) is 15.2. The van der Waals surface area contributed by atoms with Gasteiger partial charge in [-0.05, 0) is 44.1 Å². The molecule has 1 aliphatic rings. The van der Waals surface area contributed by atoms with Crippen LogP contribution >= 0.6 is 0 Å². The van der Waals surface area contributed by atoms with Crippen molar-refractivity contribution in [1.82, 2.24) is 0 Å². The van der Waals surface area contributed by atoms with Gasteiger partial charge in [0.05, 0.1) is 20.8 Å². The van der Waals surface area contributed by atoms with Crippen molar-refractivity contribution < 1.29 is 33.4 Å². The van der Waals surface area contributed by atoms with Crippen LogP contribution < -0.4 is 0 Å². The molecule has 0 amide bonds. The predicted molar refractivity (Wildman–Crippen MR) is 116 cm³/mol. The van der Waals surface area contributed by atoms with Gasteiger partial charge in [0.1, 0.15) is 5.57 Å². The molecule has 1 aliphatic carbocycles. The molecule has 1 aromatic rings. The Bertz CT molecular complexity index is 1030. The van der Waals surface area contributed by atoms with Crippen molar-refractivity contribution in [2.24, 2.45) is 5.41 Å². The van der Waals surface area contributed by atoms with E-state index in [4.69, 9.17) is 14.2 Å². The minimum atomic E-state index is -1.70. The van der Waals surface area contributed by atoms with Gasteiger partial charge in [0.2, 0.25) is 0 Å². The van der Waals surface area contributed by atoms with Crippen molar-refractivity contribution in [2.45, 2.75) is 33.6 Å². The molecule has 1 aromatic carbocycles. The molecule has 0 aliphatic heterocycles. The SMILES string of the molecule is CCOC(=O)/C(C#Cc1ccccc1)=C(/C)C1=C(C(C)=O)CC(C(=O)OC)(C(=O)OC)C1. The van der Waals surface area contributed by atoms with Crippen LogP contribution in [0.15, 0.2) is 52.6 Å². The third-order valence-corrected chi connectivity index (χ3v) is 5.31. The molecule has 0 heterocycles. The summed E-state index contributed by atoms with van der Waals surface area (Å²) in [5.41, 5.74) is 0.0445. The zero-order valence-electron chi connectivity index (χ0n) is 18.9. The first-order valence-electron chi connectivity index (χ1n) is 10.1. The number of ether oxygens (including phenoxy) is 3. The molecule has 32 heavy (non-hydrogen) atoms. The van der Waals surface area contributed by atoms with Gasteiger partial charge in [-0.1, -0.05) is 30.0 Å². The van der Waals surface area contributed by atoms with Crippen molar-refractivity contribution in [1.29, 1.82) is 0 Å². The van der Waals surface area contributed by atoms with E-state index in [9.17, 15) is 19.2 Å². The molecule has 0 spiro atoms. The molecule has 0 radical (unpaired) electrons. The molecule has 0 fully saturated rings. The molecule has 0 unspecified atom stereocenters. The van der Waals surface area contributed by atoms with E-state index in [0.29, 0.717) is 16.7 Å². The van der Waals surface area contributed by atoms with Gasteiger partial charge in [0.25, 0.3) is 0 Å². The monoisotopic (exact) mass is 438 g/mol. The maximum atomic E-state index is 12.7. The molecule has 0 atom stereocenters. The highest BCUT2D eigenvalue weighted by atomic mass is 16.5. The largest absolute Gasteiger partial charge is 0.468 e. The fourth-order valence-corrected chi connectivity index (χ4v) is 3.65. The standard InChI is InChI=1S/C25H26O7/c1-6-32-22(27)19(13-12-18-10-8-7-9-11-18)16(2)20-14-25(23(28)30-4,24(29)31-5)15-21(20)17(3)26/h7-11H,6,14-15H2,1-5H3/b19-16-. The topological polar surface area (TPSA) is 96.0 Å². The summed E-state index contributed by atoms with van der Waals surface area (Å²) < 4.78 is 14.9. The number of carbonyl (C=O) groups excluding carboxylic acids is 4. The zero-order valence-corrected chi connectivity index (χ0v) is 18.9. The molecule has 2 rings (SSSR count). The molecular formula is C25H26O7. The number of carbonyl (C=O) groups is 4. The van der Waals surface area contributed by atoms with E-state index in [2.05, 4.69) is 11.8 Å². The van der Waals surface area contributed by atoms with Crippen LogP contribution in [0.25, 0.3) is 0 Å². The Morgan fingerprint density at radius 3 is 2.00 bits per heavy atom. The van der Waals surface area contributed by atoms with E-state index in [1.165, 1.54) is 6.92 Å². The van der Waals surface area contributed by atoms with Gasteiger partial charge < -0.3 is 14.2 Å². The smallest absolute Gasteiger partial charge is 0.346 e. The van der Waals surface area contributed by atoms with E-state index >= 15 is 0 Å². The summed E-state index contributed by atoms with van der Waals surface area (Å²) in [6, 6.07) is 9.07. The van der Waals surface area contributed by atoms with Gasteiger partial charge in [-0.15, -0.1) is 0 Å². The number of ketones is 1. The summed E-state index contributed by atoms with van der Waals surface area (Å²) in [5.74, 6) is 3.18. The summed E-state index contributed by atoms with van der Waals surface area (Å²) in [4.78, 5) is 50.3. The quantitative estimate of drug-likeness (QED) is 0.222. The Hall–Kier alpha value is -3.66. The molecule has 0 saturated heterocycles. The second-order valence-corrected chi connectivity index (χ2v) is 7.27. The lowest BCUT2D eigenvalue weighted by Crippen LogP contribution is -2.39. The van der Waals surface area contributed by atoms with Crippen molar-refractivity contribution in [3.05, 3.63) is 58.2 Å². The molecular weight excluding hydrogens is 412 g/mol. The number of esters is 3. The van der Waals surface area contributed by atoms with Crippen LogP contribution in [0.1, 0.15) is 39.2 Å². The van der Waals surface area contributed by atoms with Gasteiger partial charge in [-0.3, -0.25) is 14.4 Å². The third kappa shape index (κ3) is 4.97. The van der Waals surface area contributed by atoms with E-state index in [-0.39, 0.29) is 36.4 Å². The highest BCUT2D eigenvalue weighted by Crippen LogP contribution is 2.47. The summed E-state index contributed by atoms with van der Waals surface area (Å²) in [7, 11) is 2.33. The molecule has 0 saturated carbocycles. The Kier molecular flexibility index (Phi) is 8.14. The normalized spacial score (nSPS) is 15.2. The number of hydrogen-bond acceptors (Lipinski definition) is 7. The average Bonchev–Trinajstić information content (AvgIpc) is 3.21. The van der Waals surface area contributed by atoms with E-state index in [1.54, 1.807) is 26.0 Å². The van der Waals surface area contributed by atoms with Crippen LogP contribution in [0.4, 0.5) is 0 Å². The Morgan fingerprint density at radius 1 is 0.938 bits per heavy atom. The van der Waals surface area contributed by atoms with Gasteiger partial charge in [0, 0.05) is 24.0 Å². The number of benzene rings is 1. The summed E-state index contributed by atoms with van der Waals surface area (Å²) in [6.45, 7) is 4.77. The Morgan fingerprint density at radius 2 is 1.50 bits per heavy atom. The van der Waals surface area contributed by atoms with Gasteiger partial charge in [0.15, 0.2) is 11.2 Å². The summed E-state index contributed by atoms with van der Waals surface area (Å²) in [5, 5.41) is 0. The Labute approximate surface area is 187 Å². The van der Waals surface area contributed by atoms with Crippen LogP contribution in [-0.4, -0.2) is 44.5 Å². The molecule has 0 aromatic heterocycles. The number of allylic oxidation sites excluding steroid dienone is 3. The maximum absolute atomic E-state index is 12.7. The summed E-state index contributed by atoms with van der Waals surface area (Å²) in [6.07, 6.45) is -0.334. The minimum Gasteiger partial charge on any atom is -0.468 e. The third-order valence-electron chi connectivity index (χ3n) is 5.31. The van der Waals surface area contributed by atoms with Crippen molar-refractivity contribution in [2.75, 3.05) is 20.8 Å². The van der Waals surface area contributed by atoms with Crippen LogP contribution in [0.3, 0.4) is 0 Å². The number of methoxy groups -OCH3 is 2. The fourth-order valence-electron chi connectivity index (χ4n) is 3.65. The molecule has 168 valence electrons. The fraction of sp³-hybridized carbons (Fsp3) is 0.360. The number of Topliss-reactive ketones (excluding diaryl/α,β-unsaturated/α-hetero) is 1. The molecule has 7 heteroatoms. The first-order valence-corrected chi connectivity index (χ1v) is 10.1. The lowest BCUT2D eigenvalue weighted by Gasteiger charge is -2.23. The van der Waals surface area contributed by atoms with Crippen LogP contribution in [0.5, 0.6) is 0 Å².